The average molecular weight is 396 g/mol. The molecule has 1 spiro atoms. The van der Waals surface area contributed by atoms with Gasteiger partial charge in [-0.3, -0.25) is 14.5 Å². The van der Waals surface area contributed by atoms with Gasteiger partial charge in [-0.1, -0.05) is 31.9 Å². The Bertz CT molecular complexity index is 909. The number of aromatic nitrogens is 2. The van der Waals surface area contributed by atoms with Crippen LogP contribution in [-0.4, -0.2) is 44.7 Å². The van der Waals surface area contributed by atoms with Gasteiger partial charge < -0.3 is 10.1 Å². The normalized spacial score (nSPS) is 24.0. The molecule has 2 heterocycles. The molecule has 1 aliphatic carbocycles. The molecule has 1 aliphatic heterocycles. The smallest absolute Gasteiger partial charge is 0.326 e. The first-order chi connectivity index (χ1) is 14.0. The number of nitrogens with one attached hydrogen (secondary N) is 1. The Morgan fingerprint density at radius 1 is 1.28 bits per heavy atom. The Balaban J connectivity index is 1.34. The second-order valence-electron chi connectivity index (χ2n) is 7.72. The summed E-state index contributed by atoms with van der Waals surface area (Å²) in [5.74, 6) is -0.859. The molecule has 0 bridgehead atoms. The standard InChI is InChI=1S/C21H24N4O4/c1-15-5-2-3-10-21(15)19(27)24(20(28)23-21)13-18(26)29-14-16-6-8-17(9-7-16)25-12-4-11-22-25/h4,6-9,11-12,15H,2-3,5,10,13-14H2,1H3,(H,23,28). The van der Waals surface area contributed by atoms with Gasteiger partial charge in [0.25, 0.3) is 5.91 Å². The van der Waals surface area contributed by atoms with E-state index in [1.807, 2.05) is 43.5 Å². The molecule has 2 unspecified atom stereocenters. The van der Waals surface area contributed by atoms with E-state index in [4.69, 9.17) is 4.74 Å². The minimum atomic E-state index is -0.863. The number of urea groups is 1. The third kappa shape index (κ3) is 3.62. The summed E-state index contributed by atoms with van der Waals surface area (Å²) in [7, 11) is 0. The van der Waals surface area contributed by atoms with Crippen LogP contribution in [0.5, 0.6) is 0 Å². The lowest BCUT2D eigenvalue weighted by Gasteiger charge is -2.36. The van der Waals surface area contributed by atoms with Crippen LogP contribution in [0.1, 0.15) is 38.2 Å². The van der Waals surface area contributed by atoms with E-state index >= 15 is 0 Å². The molecule has 2 aliphatic rings. The zero-order valence-electron chi connectivity index (χ0n) is 16.3. The van der Waals surface area contributed by atoms with Crippen molar-refractivity contribution in [3.63, 3.8) is 0 Å². The van der Waals surface area contributed by atoms with E-state index < -0.39 is 17.5 Å². The molecule has 0 radical (unpaired) electrons. The summed E-state index contributed by atoms with van der Waals surface area (Å²) in [5.41, 5.74) is 0.845. The number of rotatable bonds is 5. The highest BCUT2D eigenvalue weighted by molar-refractivity contribution is 6.08. The van der Waals surface area contributed by atoms with E-state index in [9.17, 15) is 14.4 Å². The molecule has 1 saturated heterocycles. The SMILES string of the molecule is CC1CCCCC12NC(=O)N(CC(=O)OCc1ccc(-n3cccn3)cc1)C2=O. The summed E-state index contributed by atoms with van der Waals surface area (Å²) < 4.78 is 7.02. The van der Waals surface area contributed by atoms with Gasteiger partial charge in [-0.25, -0.2) is 9.48 Å². The molecule has 1 aromatic heterocycles. The summed E-state index contributed by atoms with van der Waals surface area (Å²) in [4.78, 5) is 38.5. The Morgan fingerprint density at radius 3 is 2.76 bits per heavy atom. The molecule has 152 valence electrons. The third-order valence-electron chi connectivity index (χ3n) is 5.89. The Hall–Kier alpha value is -3.16. The minimum absolute atomic E-state index is 0.0574. The molecule has 8 nitrogen and oxygen atoms in total. The number of esters is 1. The second-order valence-corrected chi connectivity index (χ2v) is 7.72. The lowest BCUT2D eigenvalue weighted by Crippen LogP contribution is -2.54. The lowest BCUT2D eigenvalue weighted by molar-refractivity contribution is -0.149. The highest BCUT2D eigenvalue weighted by Crippen LogP contribution is 2.38. The number of hydrogen-bond acceptors (Lipinski definition) is 5. The van der Waals surface area contributed by atoms with Gasteiger partial charge in [0.2, 0.25) is 0 Å². The van der Waals surface area contributed by atoms with Crippen molar-refractivity contribution in [2.24, 2.45) is 5.92 Å². The summed E-state index contributed by atoms with van der Waals surface area (Å²) in [6, 6.07) is 8.77. The fourth-order valence-corrected chi connectivity index (χ4v) is 4.14. The molecule has 3 amide bonds. The van der Waals surface area contributed by atoms with Crippen LogP contribution in [0.4, 0.5) is 4.79 Å². The van der Waals surface area contributed by atoms with Crippen LogP contribution in [0.2, 0.25) is 0 Å². The molecule has 1 aromatic carbocycles. The highest BCUT2D eigenvalue weighted by atomic mass is 16.5. The number of imide groups is 1. The van der Waals surface area contributed by atoms with Gasteiger partial charge in [0.05, 0.1) is 5.69 Å². The van der Waals surface area contributed by atoms with E-state index in [1.54, 1.807) is 10.9 Å². The number of carbonyl (C=O) groups excluding carboxylic acids is 3. The van der Waals surface area contributed by atoms with E-state index in [0.717, 1.165) is 35.4 Å². The largest absolute Gasteiger partial charge is 0.459 e. The molecule has 29 heavy (non-hydrogen) atoms. The molecule has 2 fully saturated rings. The lowest BCUT2D eigenvalue weighted by atomic mass is 9.73. The maximum Gasteiger partial charge on any atom is 0.326 e. The number of nitrogens with zero attached hydrogens (tertiary/aromatic N) is 3. The van der Waals surface area contributed by atoms with E-state index in [-0.39, 0.29) is 25.0 Å². The zero-order chi connectivity index (χ0) is 20.4. The van der Waals surface area contributed by atoms with E-state index in [0.29, 0.717) is 6.42 Å². The molecule has 2 atom stereocenters. The number of carbonyl (C=O) groups is 3. The minimum Gasteiger partial charge on any atom is -0.459 e. The predicted octanol–water partition coefficient (Wildman–Crippen LogP) is 2.42. The summed E-state index contributed by atoms with van der Waals surface area (Å²) in [6.07, 6.45) is 6.99. The first-order valence-corrected chi connectivity index (χ1v) is 9.88. The first kappa shape index (κ1) is 19.2. The van der Waals surface area contributed by atoms with Gasteiger partial charge >= 0.3 is 12.0 Å². The van der Waals surface area contributed by atoms with Crippen molar-refractivity contribution in [2.75, 3.05) is 6.54 Å². The monoisotopic (exact) mass is 396 g/mol. The summed E-state index contributed by atoms with van der Waals surface area (Å²) in [6.45, 7) is 1.68. The molecule has 8 heteroatoms. The molecule has 1 N–H and O–H groups in total. The van der Waals surface area contributed by atoms with Gasteiger partial charge in [0.15, 0.2) is 0 Å². The van der Waals surface area contributed by atoms with Crippen molar-refractivity contribution in [3.8, 4) is 5.69 Å². The Morgan fingerprint density at radius 2 is 2.07 bits per heavy atom. The van der Waals surface area contributed by atoms with Gasteiger partial charge in [-0.2, -0.15) is 5.10 Å². The van der Waals surface area contributed by atoms with Crippen molar-refractivity contribution in [2.45, 2.75) is 44.8 Å². The van der Waals surface area contributed by atoms with Gasteiger partial charge in [-0.05, 0) is 42.5 Å². The maximum atomic E-state index is 12.9. The number of hydrogen-bond donors (Lipinski definition) is 1. The van der Waals surface area contributed by atoms with Gasteiger partial charge in [0.1, 0.15) is 18.7 Å². The number of ether oxygens (including phenoxy) is 1. The van der Waals surface area contributed by atoms with E-state index in [1.165, 1.54) is 0 Å². The average Bonchev–Trinajstić information content (AvgIpc) is 3.33. The molecule has 4 rings (SSSR count). The van der Waals surface area contributed by atoms with Crippen LogP contribution >= 0.6 is 0 Å². The van der Waals surface area contributed by atoms with Crippen LogP contribution in [0, 0.1) is 5.92 Å². The van der Waals surface area contributed by atoms with Gasteiger partial charge in [-0.15, -0.1) is 0 Å². The first-order valence-electron chi connectivity index (χ1n) is 9.88. The predicted molar refractivity (Wildman–Crippen MR) is 104 cm³/mol. The zero-order valence-corrected chi connectivity index (χ0v) is 16.3. The topological polar surface area (TPSA) is 93.5 Å². The maximum absolute atomic E-state index is 12.9. The molecular weight excluding hydrogens is 372 g/mol. The quantitative estimate of drug-likeness (QED) is 0.619. The van der Waals surface area contributed by atoms with Crippen molar-refractivity contribution in [1.82, 2.24) is 20.0 Å². The van der Waals surface area contributed by atoms with Crippen molar-refractivity contribution in [3.05, 3.63) is 48.3 Å². The molecule has 2 aromatic rings. The summed E-state index contributed by atoms with van der Waals surface area (Å²) >= 11 is 0. The Labute approximate surface area is 168 Å². The third-order valence-corrected chi connectivity index (χ3v) is 5.89. The molecule has 1 saturated carbocycles. The Kier molecular flexibility index (Phi) is 5.08. The number of benzene rings is 1. The second kappa shape index (κ2) is 7.69. The van der Waals surface area contributed by atoms with Crippen molar-refractivity contribution in [1.29, 1.82) is 0 Å². The van der Waals surface area contributed by atoms with Crippen LogP contribution in [0.25, 0.3) is 5.69 Å². The van der Waals surface area contributed by atoms with Gasteiger partial charge in [0, 0.05) is 12.4 Å². The summed E-state index contributed by atoms with van der Waals surface area (Å²) in [5, 5.41) is 7.00. The van der Waals surface area contributed by atoms with Crippen LogP contribution in [0.3, 0.4) is 0 Å². The number of amides is 3. The van der Waals surface area contributed by atoms with Crippen LogP contribution in [0.15, 0.2) is 42.7 Å². The van der Waals surface area contributed by atoms with Crippen molar-refractivity contribution >= 4 is 17.9 Å². The highest BCUT2D eigenvalue weighted by Gasteiger charge is 2.55. The molecular formula is C21H24N4O4. The fraction of sp³-hybridized carbons (Fsp3) is 0.429. The van der Waals surface area contributed by atoms with Crippen LogP contribution < -0.4 is 5.32 Å². The van der Waals surface area contributed by atoms with E-state index in [2.05, 4.69) is 10.4 Å². The van der Waals surface area contributed by atoms with Crippen LogP contribution in [-0.2, 0) is 20.9 Å². The fourth-order valence-electron chi connectivity index (χ4n) is 4.14. The van der Waals surface area contributed by atoms with Crippen molar-refractivity contribution < 1.29 is 19.1 Å².